The van der Waals surface area contributed by atoms with E-state index in [2.05, 4.69) is 36.5 Å². The summed E-state index contributed by atoms with van der Waals surface area (Å²) in [6.07, 6.45) is 0. The maximum atomic E-state index is 12.8. The molecular formula is C24H24ClNO2S. The number of anilines is 1. The van der Waals surface area contributed by atoms with Crippen LogP contribution in [0.3, 0.4) is 0 Å². The Hall–Kier alpha value is -2.43. The van der Waals surface area contributed by atoms with Crippen LogP contribution in [-0.4, -0.2) is 12.5 Å². The van der Waals surface area contributed by atoms with Gasteiger partial charge in [-0.2, -0.15) is 0 Å². The third kappa shape index (κ3) is 5.78. The zero-order chi connectivity index (χ0) is 20.8. The number of carbonyl (C=O) groups excluding carboxylic acids is 1. The number of rotatable bonds is 7. The van der Waals surface area contributed by atoms with Crippen molar-refractivity contribution in [2.24, 2.45) is 0 Å². The van der Waals surface area contributed by atoms with Crippen LogP contribution in [0.5, 0.6) is 5.75 Å². The molecular weight excluding hydrogens is 402 g/mol. The number of hydrogen-bond donors (Lipinski definition) is 1. The van der Waals surface area contributed by atoms with Gasteiger partial charge in [0.2, 0.25) is 0 Å². The second-order valence-corrected chi connectivity index (χ2v) is 8.26. The Bertz CT molecular complexity index is 1000. The monoisotopic (exact) mass is 425 g/mol. The van der Waals surface area contributed by atoms with E-state index in [4.69, 9.17) is 16.3 Å². The molecule has 0 aliphatic carbocycles. The summed E-state index contributed by atoms with van der Waals surface area (Å²) in [6, 6.07) is 19.4. The van der Waals surface area contributed by atoms with E-state index in [-0.39, 0.29) is 5.91 Å². The zero-order valence-corrected chi connectivity index (χ0v) is 18.4. The molecule has 3 nitrogen and oxygen atoms in total. The Morgan fingerprint density at radius 2 is 1.79 bits per heavy atom. The van der Waals surface area contributed by atoms with Crippen molar-refractivity contribution >= 4 is 35.0 Å². The van der Waals surface area contributed by atoms with E-state index in [1.807, 2.05) is 38.1 Å². The van der Waals surface area contributed by atoms with E-state index in [0.717, 1.165) is 28.3 Å². The van der Waals surface area contributed by atoms with Crippen molar-refractivity contribution in [2.45, 2.75) is 31.4 Å². The molecule has 0 saturated carbocycles. The molecule has 5 heteroatoms. The van der Waals surface area contributed by atoms with Crippen LogP contribution >= 0.6 is 23.4 Å². The van der Waals surface area contributed by atoms with Gasteiger partial charge in [0, 0.05) is 32.5 Å². The van der Waals surface area contributed by atoms with Crippen LogP contribution in [0.25, 0.3) is 0 Å². The van der Waals surface area contributed by atoms with Crippen LogP contribution < -0.4 is 10.1 Å². The molecule has 0 bridgehead atoms. The SMILES string of the molecule is CCOc1ccc(C(=O)Nc2ccc(Cl)cc2C)cc1CSc1ccc(C)cc1. The lowest BCUT2D eigenvalue weighted by Crippen LogP contribution is -2.13. The molecule has 150 valence electrons. The molecule has 0 radical (unpaired) electrons. The van der Waals surface area contributed by atoms with Crippen molar-refractivity contribution in [1.82, 2.24) is 0 Å². The molecule has 0 unspecified atom stereocenters. The number of ether oxygens (including phenoxy) is 1. The molecule has 0 spiro atoms. The Balaban J connectivity index is 1.79. The number of aryl methyl sites for hydroxylation is 2. The quantitative estimate of drug-likeness (QED) is 0.418. The lowest BCUT2D eigenvalue weighted by molar-refractivity contribution is 0.102. The number of carbonyl (C=O) groups is 1. The van der Waals surface area contributed by atoms with Crippen LogP contribution in [0.4, 0.5) is 5.69 Å². The maximum absolute atomic E-state index is 12.8. The van der Waals surface area contributed by atoms with E-state index >= 15 is 0 Å². The van der Waals surface area contributed by atoms with Crippen molar-refractivity contribution in [2.75, 3.05) is 11.9 Å². The summed E-state index contributed by atoms with van der Waals surface area (Å²) in [6.45, 7) is 6.54. The zero-order valence-electron chi connectivity index (χ0n) is 16.8. The maximum Gasteiger partial charge on any atom is 0.255 e. The summed E-state index contributed by atoms with van der Waals surface area (Å²) in [5, 5.41) is 3.62. The fourth-order valence-corrected chi connectivity index (χ4v) is 3.99. The van der Waals surface area contributed by atoms with Gasteiger partial charge >= 0.3 is 0 Å². The fraction of sp³-hybridized carbons (Fsp3) is 0.208. The minimum atomic E-state index is -0.153. The first-order valence-corrected chi connectivity index (χ1v) is 10.9. The van der Waals surface area contributed by atoms with Gasteiger partial charge in [-0.25, -0.2) is 0 Å². The van der Waals surface area contributed by atoms with Gasteiger partial charge in [-0.1, -0.05) is 29.3 Å². The fourth-order valence-electron chi connectivity index (χ4n) is 2.89. The molecule has 3 aromatic rings. The molecule has 0 atom stereocenters. The van der Waals surface area contributed by atoms with Crippen LogP contribution in [0.2, 0.25) is 5.02 Å². The summed E-state index contributed by atoms with van der Waals surface area (Å²) in [5.41, 5.74) is 4.51. The van der Waals surface area contributed by atoms with Crippen LogP contribution in [0, 0.1) is 13.8 Å². The summed E-state index contributed by atoms with van der Waals surface area (Å²) < 4.78 is 5.77. The van der Waals surface area contributed by atoms with Gasteiger partial charge in [-0.3, -0.25) is 4.79 Å². The molecule has 29 heavy (non-hydrogen) atoms. The Morgan fingerprint density at radius 1 is 1.03 bits per heavy atom. The summed E-state index contributed by atoms with van der Waals surface area (Å²) >= 11 is 7.73. The number of amides is 1. The average molecular weight is 426 g/mol. The van der Waals surface area contributed by atoms with Crippen LogP contribution in [0.15, 0.2) is 65.6 Å². The largest absolute Gasteiger partial charge is 0.494 e. The predicted molar refractivity (Wildman–Crippen MR) is 122 cm³/mol. The minimum absolute atomic E-state index is 0.153. The van der Waals surface area contributed by atoms with Crippen molar-refractivity contribution in [3.8, 4) is 5.75 Å². The molecule has 0 aliphatic rings. The van der Waals surface area contributed by atoms with Crippen LogP contribution in [0.1, 0.15) is 34.0 Å². The molecule has 0 fully saturated rings. The van der Waals surface area contributed by atoms with Gasteiger partial charge in [0.05, 0.1) is 6.61 Å². The van der Waals surface area contributed by atoms with E-state index < -0.39 is 0 Å². The van der Waals surface area contributed by atoms with Crippen molar-refractivity contribution < 1.29 is 9.53 Å². The van der Waals surface area contributed by atoms with Crippen molar-refractivity contribution in [1.29, 1.82) is 0 Å². The summed E-state index contributed by atoms with van der Waals surface area (Å²) in [7, 11) is 0. The number of thioether (sulfide) groups is 1. The van der Waals surface area contributed by atoms with Gasteiger partial charge in [0.15, 0.2) is 0 Å². The highest BCUT2D eigenvalue weighted by Gasteiger charge is 2.12. The smallest absolute Gasteiger partial charge is 0.255 e. The summed E-state index contributed by atoms with van der Waals surface area (Å²) in [5.74, 6) is 1.38. The van der Waals surface area contributed by atoms with Crippen molar-refractivity contribution in [3.05, 3.63) is 87.9 Å². The normalized spacial score (nSPS) is 10.6. The van der Waals surface area contributed by atoms with Gasteiger partial charge in [-0.05, 0) is 74.9 Å². The highest BCUT2D eigenvalue weighted by atomic mass is 35.5. The first-order valence-electron chi connectivity index (χ1n) is 9.49. The lowest BCUT2D eigenvalue weighted by atomic mass is 10.1. The molecule has 0 aliphatic heterocycles. The van der Waals surface area contributed by atoms with E-state index in [9.17, 15) is 4.79 Å². The van der Waals surface area contributed by atoms with Crippen molar-refractivity contribution in [3.63, 3.8) is 0 Å². The Morgan fingerprint density at radius 3 is 2.48 bits per heavy atom. The molecule has 1 amide bonds. The first-order chi connectivity index (χ1) is 14.0. The standard InChI is InChI=1S/C24H24ClNO2S/c1-4-28-23-12-7-18(24(27)26-22-11-8-20(25)13-17(22)3)14-19(23)15-29-21-9-5-16(2)6-10-21/h5-14H,4,15H2,1-3H3,(H,26,27). The minimum Gasteiger partial charge on any atom is -0.494 e. The van der Waals surface area contributed by atoms with Gasteiger partial charge in [0.25, 0.3) is 5.91 Å². The van der Waals surface area contributed by atoms with E-state index in [1.165, 1.54) is 10.5 Å². The number of hydrogen-bond acceptors (Lipinski definition) is 3. The van der Waals surface area contributed by atoms with E-state index in [1.54, 1.807) is 23.9 Å². The second-order valence-electron chi connectivity index (χ2n) is 6.77. The molecule has 3 aromatic carbocycles. The Labute approximate surface area is 181 Å². The molecule has 3 rings (SSSR count). The Kier molecular flexibility index (Phi) is 7.24. The highest BCUT2D eigenvalue weighted by Crippen LogP contribution is 2.30. The highest BCUT2D eigenvalue weighted by molar-refractivity contribution is 7.98. The van der Waals surface area contributed by atoms with Crippen LogP contribution in [-0.2, 0) is 5.75 Å². The molecule has 0 aromatic heterocycles. The third-order valence-corrected chi connectivity index (χ3v) is 5.77. The van der Waals surface area contributed by atoms with Gasteiger partial charge < -0.3 is 10.1 Å². The van der Waals surface area contributed by atoms with Gasteiger partial charge in [-0.15, -0.1) is 11.8 Å². The third-order valence-electron chi connectivity index (χ3n) is 4.47. The second kappa shape index (κ2) is 9.86. The molecule has 0 heterocycles. The number of benzene rings is 3. The summed E-state index contributed by atoms with van der Waals surface area (Å²) in [4.78, 5) is 14.0. The topological polar surface area (TPSA) is 38.3 Å². The molecule has 1 N–H and O–H groups in total. The number of halogens is 1. The average Bonchev–Trinajstić information content (AvgIpc) is 2.70. The number of nitrogens with one attached hydrogen (secondary N) is 1. The van der Waals surface area contributed by atoms with Gasteiger partial charge in [0.1, 0.15) is 5.75 Å². The van der Waals surface area contributed by atoms with E-state index in [0.29, 0.717) is 17.2 Å². The first kappa shape index (κ1) is 21.3. The predicted octanol–water partition coefficient (Wildman–Crippen LogP) is 6.90. The lowest BCUT2D eigenvalue weighted by Gasteiger charge is -2.13. The molecule has 0 saturated heterocycles.